The molecule has 0 fully saturated rings. The summed E-state index contributed by atoms with van der Waals surface area (Å²) >= 11 is 0. The molecule has 0 heterocycles. The van der Waals surface area contributed by atoms with Crippen molar-refractivity contribution in [1.29, 1.82) is 0 Å². The van der Waals surface area contributed by atoms with E-state index in [1.54, 1.807) is 6.92 Å². The standard InChI is InChI=1S/C19H20F5N3O.HI/c1-2-25-18(27-11-17(28)12-3-6-14(20)7-4-12)26-10-13-5-8-15(21)9-16(13)19(22,23)24;/h3-9,17,28H,2,10-11H2,1H3,(H2,25,26,27);1H. The lowest BCUT2D eigenvalue weighted by Crippen LogP contribution is -2.39. The highest BCUT2D eigenvalue weighted by Crippen LogP contribution is 2.32. The fourth-order valence-electron chi connectivity index (χ4n) is 2.45. The molecule has 29 heavy (non-hydrogen) atoms. The molecule has 2 aromatic carbocycles. The molecular formula is C19H21F5IN3O. The van der Waals surface area contributed by atoms with Crippen LogP contribution in [0.4, 0.5) is 22.0 Å². The monoisotopic (exact) mass is 529 g/mol. The Morgan fingerprint density at radius 2 is 1.66 bits per heavy atom. The van der Waals surface area contributed by atoms with Gasteiger partial charge in [0, 0.05) is 13.1 Å². The first-order valence-corrected chi connectivity index (χ1v) is 8.52. The minimum Gasteiger partial charge on any atom is -0.387 e. The van der Waals surface area contributed by atoms with Gasteiger partial charge in [0.1, 0.15) is 11.6 Å². The number of aliphatic hydroxyl groups excluding tert-OH is 1. The van der Waals surface area contributed by atoms with E-state index in [0.717, 1.165) is 12.1 Å². The van der Waals surface area contributed by atoms with Gasteiger partial charge in [0.25, 0.3) is 0 Å². The Balaban J connectivity index is 0.00000420. The van der Waals surface area contributed by atoms with E-state index in [0.29, 0.717) is 18.2 Å². The number of halogens is 6. The Morgan fingerprint density at radius 3 is 2.24 bits per heavy atom. The lowest BCUT2D eigenvalue weighted by Gasteiger charge is -2.16. The van der Waals surface area contributed by atoms with E-state index in [1.165, 1.54) is 24.3 Å². The lowest BCUT2D eigenvalue weighted by atomic mass is 10.1. The zero-order chi connectivity index (χ0) is 20.7. The fourth-order valence-corrected chi connectivity index (χ4v) is 2.45. The van der Waals surface area contributed by atoms with Crippen LogP contribution in [0.3, 0.4) is 0 Å². The van der Waals surface area contributed by atoms with Gasteiger partial charge >= 0.3 is 6.18 Å². The van der Waals surface area contributed by atoms with Crippen molar-refractivity contribution in [2.24, 2.45) is 4.99 Å². The first kappa shape index (κ1) is 25.1. The number of benzene rings is 2. The van der Waals surface area contributed by atoms with Crippen molar-refractivity contribution in [3.8, 4) is 0 Å². The number of nitrogens with one attached hydrogen (secondary N) is 2. The third kappa shape index (κ3) is 7.77. The Kier molecular flexibility index (Phi) is 9.77. The summed E-state index contributed by atoms with van der Waals surface area (Å²) in [7, 11) is 0. The van der Waals surface area contributed by atoms with Gasteiger partial charge in [0.2, 0.25) is 0 Å². The van der Waals surface area contributed by atoms with Crippen LogP contribution in [0.1, 0.15) is 29.7 Å². The van der Waals surface area contributed by atoms with Crippen LogP contribution < -0.4 is 10.6 Å². The highest BCUT2D eigenvalue weighted by Gasteiger charge is 2.33. The Morgan fingerprint density at radius 1 is 1.03 bits per heavy atom. The Labute approximate surface area is 182 Å². The molecular weight excluding hydrogens is 508 g/mol. The number of alkyl halides is 3. The SMILES string of the molecule is CCNC(=NCc1ccc(F)cc1C(F)(F)F)NCC(O)c1ccc(F)cc1.I. The number of aliphatic imine (C=N–C) groups is 1. The number of nitrogens with zero attached hydrogens (tertiary/aromatic N) is 1. The molecule has 2 rings (SSSR count). The average Bonchev–Trinajstić information content (AvgIpc) is 2.64. The van der Waals surface area contributed by atoms with Crippen molar-refractivity contribution in [3.63, 3.8) is 0 Å². The molecule has 0 aliphatic rings. The fraction of sp³-hybridized carbons (Fsp3) is 0.316. The second-order valence-corrected chi connectivity index (χ2v) is 5.94. The zero-order valence-electron chi connectivity index (χ0n) is 15.4. The van der Waals surface area contributed by atoms with E-state index >= 15 is 0 Å². The van der Waals surface area contributed by atoms with Crippen molar-refractivity contribution in [2.45, 2.75) is 25.7 Å². The van der Waals surface area contributed by atoms with Crippen LogP contribution in [0.15, 0.2) is 47.5 Å². The van der Waals surface area contributed by atoms with Crippen LogP contribution in [0.5, 0.6) is 0 Å². The molecule has 0 saturated heterocycles. The van der Waals surface area contributed by atoms with E-state index in [1.807, 2.05) is 0 Å². The van der Waals surface area contributed by atoms with Crippen LogP contribution in [-0.2, 0) is 12.7 Å². The van der Waals surface area contributed by atoms with E-state index in [2.05, 4.69) is 15.6 Å². The van der Waals surface area contributed by atoms with E-state index in [4.69, 9.17) is 0 Å². The third-order valence-corrected chi connectivity index (χ3v) is 3.85. The van der Waals surface area contributed by atoms with Crippen LogP contribution in [0.2, 0.25) is 0 Å². The molecule has 2 aromatic rings. The molecule has 0 radical (unpaired) electrons. The molecule has 3 N–H and O–H groups in total. The van der Waals surface area contributed by atoms with Gasteiger partial charge in [-0.3, -0.25) is 0 Å². The van der Waals surface area contributed by atoms with Crippen molar-refractivity contribution in [2.75, 3.05) is 13.1 Å². The Hall–Kier alpha value is -1.95. The molecule has 0 aliphatic heterocycles. The second-order valence-electron chi connectivity index (χ2n) is 5.94. The molecule has 4 nitrogen and oxygen atoms in total. The molecule has 0 aromatic heterocycles. The van der Waals surface area contributed by atoms with Gasteiger partial charge in [-0.05, 0) is 42.3 Å². The summed E-state index contributed by atoms with van der Waals surface area (Å²) in [5.41, 5.74) is -0.786. The summed E-state index contributed by atoms with van der Waals surface area (Å²) in [5.74, 6) is -1.23. The largest absolute Gasteiger partial charge is 0.416 e. The van der Waals surface area contributed by atoms with Crippen LogP contribution in [0.25, 0.3) is 0 Å². The molecule has 0 aliphatic carbocycles. The van der Waals surface area contributed by atoms with Crippen molar-refractivity contribution in [3.05, 3.63) is 70.8 Å². The van der Waals surface area contributed by atoms with Crippen LogP contribution >= 0.6 is 24.0 Å². The van der Waals surface area contributed by atoms with E-state index < -0.39 is 29.5 Å². The summed E-state index contributed by atoms with van der Waals surface area (Å²) < 4.78 is 65.3. The minimum atomic E-state index is -4.70. The quantitative estimate of drug-likeness (QED) is 0.225. The highest BCUT2D eigenvalue weighted by atomic mass is 127. The predicted molar refractivity (Wildman–Crippen MR) is 111 cm³/mol. The van der Waals surface area contributed by atoms with Gasteiger partial charge in [0.15, 0.2) is 5.96 Å². The number of hydrogen-bond acceptors (Lipinski definition) is 2. The molecule has 1 atom stereocenters. The lowest BCUT2D eigenvalue weighted by molar-refractivity contribution is -0.138. The molecule has 1 unspecified atom stereocenters. The predicted octanol–water partition coefficient (Wildman–Crippen LogP) is 4.39. The van der Waals surface area contributed by atoms with Gasteiger partial charge in [-0.15, -0.1) is 24.0 Å². The topological polar surface area (TPSA) is 56.7 Å². The maximum absolute atomic E-state index is 13.2. The summed E-state index contributed by atoms with van der Waals surface area (Å²) in [4.78, 5) is 4.07. The van der Waals surface area contributed by atoms with Crippen LogP contribution in [0, 0.1) is 11.6 Å². The normalized spacial score (nSPS) is 12.9. The van der Waals surface area contributed by atoms with Gasteiger partial charge in [-0.1, -0.05) is 18.2 Å². The maximum Gasteiger partial charge on any atom is 0.416 e. The van der Waals surface area contributed by atoms with Gasteiger partial charge in [0.05, 0.1) is 18.2 Å². The summed E-state index contributed by atoms with van der Waals surface area (Å²) in [6.45, 7) is 1.88. The Bertz CT molecular complexity index is 812. The van der Waals surface area contributed by atoms with Gasteiger partial charge < -0.3 is 15.7 Å². The zero-order valence-corrected chi connectivity index (χ0v) is 17.8. The molecule has 10 heteroatoms. The van der Waals surface area contributed by atoms with E-state index in [-0.39, 0.29) is 48.6 Å². The second kappa shape index (κ2) is 11.3. The molecule has 0 amide bonds. The van der Waals surface area contributed by atoms with Crippen molar-refractivity contribution in [1.82, 2.24) is 10.6 Å². The average molecular weight is 529 g/mol. The number of aliphatic hydroxyl groups is 1. The molecule has 0 saturated carbocycles. The summed E-state index contributed by atoms with van der Waals surface area (Å²) in [6, 6.07) is 7.71. The molecule has 0 bridgehead atoms. The molecule has 160 valence electrons. The van der Waals surface area contributed by atoms with Gasteiger partial charge in [-0.2, -0.15) is 13.2 Å². The molecule has 0 spiro atoms. The number of hydrogen-bond donors (Lipinski definition) is 3. The number of guanidine groups is 1. The highest BCUT2D eigenvalue weighted by molar-refractivity contribution is 14.0. The number of rotatable bonds is 6. The minimum absolute atomic E-state index is 0. The van der Waals surface area contributed by atoms with Crippen molar-refractivity contribution >= 4 is 29.9 Å². The summed E-state index contributed by atoms with van der Waals surface area (Å²) in [5, 5.41) is 15.8. The first-order chi connectivity index (χ1) is 13.2. The third-order valence-electron chi connectivity index (χ3n) is 3.85. The van der Waals surface area contributed by atoms with Crippen LogP contribution in [-0.4, -0.2) is 24.2 Å². The van der Waals surface area contributed by atoms with E-state index in [9.17, 15) is 27.1 Å². The first-order valence-electron chi connectivity index (χ1n) is 8.52. The summed E-state index contributed by atoms with van der Waals surface area (Å²) in [6.07, 6.45) is -5.67. The van der Waals surface area contributed by atoms with Gasteiger partial charge in [-0.25, -0.2) is 13.8 Å². The maximum atomic E-state index is 13.2. The van der Waals surface area contributed by atoms with Crippen molar-refractivity contribution < 1.29 is 27.1 Å². The smallest absolute Gasteiger partial charge is 0.387 e.